The lowest BCUT2D eigenvalue weighted by Crippen LogP contribution is -2.31. The highest BCUT2D eigenvalue weighted by Gasteiger charge is 2.24. The summed E-state index contributed by atoms with van der Waals surface area (Å²) in [5.41, 5.74) is -0.237. The van der Waals surface area contributed by atoms with Crippen LogP contribution in [0.2, 0.25) is 5.02 Å². The van der Waals surface area contributed by atoms with Crippen LogP contribution in [0.5, 0.6) is 0 Å². The first-order chi connectivity index (χ1) is 12.7. The summed E-state index contributed by atoms with van der Waals surface area (Å²) in [6.07, 6.45) is 1.05. The van der Waals surface area contributed by atoms with E-state index in [1.54, 1.807) is 4.72 Å². The fraction of sp³-hybridized carbons (Fsp3) is 0. The van der Waals surface area contributed by atoms with E-state index < -0.39 is 44.0 Å². The van der Waals surface area contributed by atoms with Crippen molar-refractivity contribution in [1.82, 2.24) is 19.7 Å². The molecular weight excluding hydrogens is 409 g/mol. The summed E-state index contributed by atoms with van der Waals surface area (Å²) in [6, 6.07) is 5.17. The second-order valence-electron chi connectivity index (χ2n) is 5.15. The molecule has 0 saturated carbocycles. The molecule has 0 aliphatic heterocycles. The largest absolute Gasteiger partial charge is 0.287 e. The van der Waals surface area contributed by atoms with Crippen LogP contribution in [0.1, 0.15) is 10.5 Å². The van der Waals surface area contributed by atoms with Crippen LogP contribution in [0.25, 0.3) is 5.69 Å². The summed E-state index contributed by atoms with van der Waals surface area (Å²) in [6.45, 7) is 0. The maximum atomic E-state index is 13.7. The zero-order valence-electron chi connectivity index (χ0n) is 13.0. The normalized spacial score (nSPS) is 11.4. The third-order valence-electron chi connectivity index (χ3n) is 3.29. The van der Waals surface area contributed by atoms with E-state index in [-0.39, 0.29) is 10.7 Å². The minimum absolute atomic E-state index is 0.0205. The van der Waals surface area contributed by atoms with Crippen molar-refractivity contribution in [2.75, 3.05) is 0 Å². The molecule has 0 saturated heterocycles. The van der Waals surface area contributed by atoms with E-state index >= 15 is 0 Å². The van der Waals surface area contributed by atoms with Crippen LogP contribution in [0.4, 0.5) is 13.2 Å². The highest BCUT2D eigenvalue weighted by Crippen LogP contribution is 2.21. The number of rotatable bonds is 4. The highest BCUT2D eigenvalue weighted by atomic mass is 35.5. The van der Waals surface area contributed by atoms with Gasteiger partial charge in [0.1, 0.15) is 22.3 Å². The lowest BCUT2D eigenvalue weighted by molar-refractivity contribution is 0.0976. The lowest BCUT2D eigenvalue weighted by Gasteiger charge is -2.06. The number of nitrogens with zero attached hydrogens (tertiary/aromatic N) is 3. The van der Waals surface area contributed by atoms with Gasteiger partial charge in [-0.1, -0.05) is 16.8 Å². The molecule has 1 heterocycles. The summed E-state index contributed by atoms with van der Waals surface area (Å²) in [5, 5.41) is 7.09. The number of hydrogen-bond donors (Lipinski definition) is 1. The van der Waals surface area contributed by atoms with Gasteiger partial charge < -0.3 is 0 Å². The van der Waals surface area contributed by atoms with Crippen molar-refractivity contribution in [2.45, 2.75) is 4.90 Å². The van der Waals surface area contributed by atoms with Crippen LogP contribution >= 0.6 is 11.6 Å². The number of benzene rings is 2. The number of nitrogens with one attached hydrogen (secondary N) is 1. The number of hydrogen-bond acceptors (Lipinski definition) is 5. The SMILES string of the molecule is O=C(NS(=O)(=O)c1ccc(F)cc1F)c1cn(-c2ccc(F)cc2Cl)nn1. The minimum Gasteiger partial charge on any atom is -0.266 e. The zero-order valence-corrected chi connectivity index (χ0v) is 14.6. The van der Waals surface area contributed by atoms with Gasteiger partial charge in [-0.2, -0.15) is 0 Å². The van der Waals surface area contributed by atoms with Gasteiger partial charge in [0, 0.05) is 6.07 Å². The second kappa shape index (κ2) is 7.00. The average molecular weight is 417 g/mol. The Hall–Kier alpha value is -2.92. The Labute approximate surface area is 155 Å². The van der Waals surface area contributed by atoms with E-state index in [9.17, 15) is 26.4 Å². The molecular formula is C15H8ClF3N4O3S. The average Bonchev–Trinajstić information content (AvgIpc) is 3.03. The number of halogens is 4. The Morgan fingerprint density at radius 1 is 1.07 bits per heavy atom. The van der Waals surface area contributed by atoms with E-state index in [1.807, 2.05) is 0 Å². The van der Waals surface area contributed by atoms with Crippen LogP contribution in [0.3, 0.4) is 0 Å². The molecule has 1 N–H and O–H groups in total. The van der Waals surface area contributed by atoms with Gasteiger partial charge in [-0.3, -0.25) is 4.79 Å². The predicted octanol–water partition coefficient (Wildman–Crippen LogP) is 2.46. The summed E-state index contributed by atoms with van der Waals surface area (Å²) in [7, 11) is -4.62. The summed E-state index contributed by atoms with van der Waals surface area (Å²) < 4.78 is 66.5. The number of sulfonamides is 1. The van der Waals surface area contributed by atoms with Crippen molar-refractivity contribution in [3.05, 3.63) is 70.8 Å². The molecule has 3 aromatic rings. The molecule has 3 rings (SSSR count). The van der Waals surface area contributed by atoms with Gasteiger partial charge in [0.25, 0.3) is 15.9 Å². The van der Waals surface area contributed by atoms with Crippen LogP contribution < -0.4 is 4.72 Å². The number of carbonyl (C=O) groups excluding carboxylic acids is 1. The van der Waals surface area contributed by atoms with Crippen LogP contribution in [0, 0.1) is 17.5 Å². The number of aromatic nitrogens is 3. The molecule has 0 radical (unpaired) electrons. The van der Waals surface area contributed by atoms with Gasteiger partial charge in [-0.15, -0.1) is 5.10 Å². The molecule has 0 aliphatic carbocycles. The van der Waals surface area contributed by atoms with Gasteiger partial charge in [-0.25, -0.2) is 31.0 Å². The molecule has 27 heavy (non-hydrogen) atoms. The number of amides is 1. The van der Waals surface area contributed by atoms with Crippen molar-refractivity contribution >= 4 is 27.5 Å². The Balaban J connectivity index is 1.86. The van der Waals surface area contributed by atoms with Crippen LogP contribution in [0.15, 0.2) is 47.5 Å². The second-order valence-corrected chi connectivity index (χ2v) is 7.21. The molecule has 140 valence electrons. The first-order valence-corrected chi connectivity index (χ1v) is 8.93. The Morgan fingerprint density at radius 3 is 2.41 bits per heavy atom. The smallest absolute Gasteiger partial charge is 0.266 e. The van der Waals surface area contributed by atoms with Crippen molar-refractivity contribution in [2.24, 2.45) is 0 Å². The monoisotopic (exact) mass is 416 g/mol. The fourth-order valence-corrected chi connectivity index (χ4v) is 3.35. The molecule has 0 bridgehead atoms. The standard InChI is InChI=1S/C15H8ClF3N4O3S/c16-10-5-8(17)1-3-13(10)23-7-12(20-22-23)15(24)21-27(25,26)14-4-2-9(18)6-11(14)19/h1-7H,(H,21,24). The first kappa shape index (κ1) is 18.9. The van der Waals surface area contributed by atoms with Gasteiger partial charge in [0.2, 0.25) is 0 Å². The third-order valence-corrected chi connectivity index (χ3v) is 4.96. The van der Waals surface area contributed by atoms with Crippen LogP contribution in [-0.4, -0.2) is 29.3 Å². The van der Waals surface area contributed by atoms with Crippen molar-refractivity contribution in [3.8, 4) is 5.69 Å². The maximum Gasteiger partial charge on any atom is 0.287 e. The fourth-order valence-electron chi connectivity index (χ4n) is 2.08. The quantitative estimate of drug-likeness (QED) is 0.705. The minimum atomic E-state index is -4.62. The Kier molecular flexibility index (Phi) is 4.89. The van der Waals surface area contributed by atoms with E-state index in [4.69, 9.17) is 11.6 Å². The van der Waals surface area contributed by atoms with Crippen molar-refractivity contribution in [1.29, 1.82) is 0 Å². The molecule has 0 atom stereocenters. The lowest BCUT2D eigenvalue weighted by atomic mass is 10.3. The summed E-state index contributed by atoms with van der Waals surface area (Å²) in [4.78, 5) is 11.2. The van der Waals surface area contributed by atoms with Gasteiger partial charge >= 0.3 is 0 Å². The molecule has 2 aromatic carbocycles. The molecule has 0 unspecified atom stereocenters. The highest BCUT2D eigenvalue weighted by molar-refractivity contribution is 7.90. The van der Waals surface area contributed by atoms with Gasteiger partial charge in [0.05, 0.1) is 16.9 Å². The van der Waals surface area contributed by atoms with E-state index in [1.165, 1.54) is 6.07 Å². The molecule has 1 aromatic heterocycles. The molecule has 1 amide bonds. The topological polar surface area (TPSA) is 94.0 Å². The number of carbonyl (C=O) groups is 1. The predicted molar refractivity (Wildman–Crippen MR) is 87.3 cm³/mol. The summed E-state index contributed by atoms with van der Waals surface area (Å²) in [5.74, 6) is -4.13. The first-order valence-electron chi connectivity index (χ1n) is 7.07. The van der Waals surface area contributed by atoms with Gasteiger partial charge in [0.15, 0.2) is 5.69 Å². The van der Waals surface area contributed by atoms with Crippen LogP contribution in [-0.2, 0) is 10.0 Å². The molecule has 0 fully saturated rings. The molecule has 0 aliphatic rings. The Morgan fingerprint density at radius 2 is 1.74 bits per heavy atom. The van der Waals surface area contributed by atoms with Gasteiger partial charge in [-0.05, 0) is 30.3 Å². The van der Waals surface area contributed by atoms with E-state index in [2.05, 4.69) is 10.3 Å². The summed E-state index contributed by atoms with van der Waals surface area (Å²) >= 11 is 5.87. The van der Waals surface area contributed by atoms with Crippen molar-refractivity contribution in [3.63, 3.8) is 0 Å². The third kappa shape index (κ3) is 3.93. The zero-order chi connectivity index (χ0) is 19.8. The van der Waals surface area contributed by atoms with E-state index in [0.29, 0.717) is 12.1 Å². The van der Waals surface area contributed by atoms with Crippen molar-refractivity contribution < 1.29 is 26.4 Å². The Bertz CT molecular complexity index is 1150. The molecule has 0 spiro atoms. The molecule has 7 nitrogen and oxygen atoms in total. The molecule has 12 heteroatoms. The maximum absolute atomic E-state index is 13.7. The van der Waals surface area contributed by atoms with E-state index in [0.717, 1.165) is 29.1 Å².